The van der Waals surface area contributed by atoms with Gasteiger partial charge >= 0.3 is 0 Å². The molecule has 10 heavy (non-hydrogen) atoms. The van der Waals surface area contributed by atoms with Gasteiger partial charge in [0, 0.05) is 12.3 Å². The van der Waals surface area contributed by atoms with Gasteiger partial charge in [-0.1, -0.05) is 34.8 Å². The Hall–Kier alpha value is 0.540. The van der Waals surface area contributed by atoms with Gasteiger partial charge in [0.1, 0.15) is 5.78 Å². The van der Waals surface area contributed by atoms with Crippen molar-refractivity contribution in [1.82, 2.24) is 0 Å². The second-order valence-electron chi connectivity index (χ2n) is 2.14. The van der Waals surface area contributed by atoms with Crippen LogP contribution in [0.25, 0.3) is 0 Å². The quantitative estimate of drug-likeness (QED) is 0.629. The molecule has 0 saturated heterocycles. The fraction of sp³-hybridized carbons (Fsp3) is 0.667. The van der Waals surface area contributed by atoms with Crippen LogP contribution in [0, 0.1) is 12.8 Å². The molecular formula is C6H8Cl3O. The number of halogens is 3. The molecule has 1 unspecified atom stereocenters. The van der Waals surface area contributed by atoms with Crippen LogP contribution in [0.1, 0.15) is 13.3 Å². The van der Waals surface area contributed by atoms with Crippen LogP contribution in [-0.2, 0) is 4.79 Å². The van der Waals surface area contributed by atoms with Crippen LogP contribution in [0.4, 0.5) is 0 Å². The van der Waals surface area contributed by atoms with E-state index in [1.54, 1.807) is 0 Å². The van der Waals surface area contributed by atoms with Crippen LogP contribution in [0.3, 0.4) is 0 Å². The summed E-state index contributed by atoms with van der Waals surface area (Å²) in [5, 5.41) is 0. The monoisotopic (exact) mass is 201 g/mol. The maximum Gasteiger partial charge on any atom is 0.193 e. The normalized spacial score (nSPS) is 14.9. The number of hydrogen-bond acceptors (Lipinski definition) is 1. The maximum atomic E-state index is 10.5. The van der Waals surface area contributed by atoms with Crippen LogP contribution < -0.4 is 0 Å². The molecule has 59 valence electrons. The van der Waals surface area contributed by atoms with Gasteiger partial charge in [0.05, 0.1) is 0 Å². The zero-order valence-electron chi connectivity index (χ0n) is 5.53. The molecule has 0 amide bonds. The van der Waals surface area contributed by atoms with Crippen molar-refractivity contribution in [3.8, 4) is 0 Å². The van der Waals surface area contributed by atoms with Gasteiger partial charge in [-0.15, -0.1) is 0 Å². The number of carbonyl (C=O) groups is 1. The number of carbonyl (C=O) groups excluding carboxylic acids is 1. The van der Waals surface area contributed by atoms with Gasteiger partial charge in [-0.05, 0) is 13.8 Å². The Morgan fingerprint density at radius 2 is 2.00 bits per heavy atom. The topological polar surface area (TPSA) is 17.1 Å². The van der Waals surface area contributed by atoms with Crippen molar-refractivity contribution in [2.75, 3.05) is 0 Å². The summed E-state index contributed by atoms with van der Waals surface area (Å²) in [5.74, 6) is -0.485. The molecule has 1 atom stereocenters. The van der Waals surface area contributed by atoms with E-state index in [1.807, 2.05) is 0 Å². The van der Waals surface area contributed by atoms with E-state index in [2.05, 4.69) is 6.92 Å². The highest BCUT2D eigenvalue weighted by Gasteiger charge is 2.29. The first-order valence-corrected chi connectivity index (χ1v) is 3.86. The Kier molecular flexibility index (Phi) is 4.00. The lowest BCUT2D eigenvalue weighted by molar-refractivity contribution is -0.117. The Morgan fingerprint density at radius 1 is 1.60 bits per heavy atom. The molecule has 0 aromatic heterocycles. The Morgan fingerprint density at radius 3 is 2.10 bits per heavy atom. The van der Waals surface area contributed by atoms with Gasteiger partial charge in [0.25, 0.3) is 0 Å². The van der Waals surface area contributed by atoms with Crippen molar-refractivity contribution < 1.29 is 4.79 Å². The van der Waals surface area contributed by atoms with Crippen molar-refractivity contribution in [3.05, 3.63) is 6.92 Å². The number of rotatable bonds is 2. The predicted molar refractivity (Wildman–Crippen MR) is 44.4 cm³/mol. The first kappa shape index (κ1) is 10.5. The minimum Gasteiger partial charge on any atom is -0.300 e. The molecule has 0 aliphatic carbocycles. The van der Waals surface area contributed by atoms with Gasteiger partial charge in [0.2, 0.25) is 0 Å². The summed E-state index contributed by atoms with van der Waals surface area (Å²) in [6, 6.07) is 0. The van der Waals surface area contributed by atoms with Crippen molar-refractivity contribution in [3.63, 3.8) is 0 Å². The molecule has 0 N–H and O–H groups in total. The standard InChI is InChI=1S/C6H8Cl3O/c1-4(3-5(2)10)6(7,8)9/h4H,1,3H2,2H3. The molecule has 0 spiro atoms. The molecule has 0 aromatic carbocycles. The summed E-state index contributed by atoms with van der Waals surface area (Å²) < 4.78 is -1.42. The number of Topliss-reactive ketones (excluding diaryl/α,β-unsaturated/α-hetero) is 1. The predicted octanol–water partition coefficient (Wildman–Crippen LogP) is 2.79. The second-order valence-corrected chi connectivity index (χ2v) is 4.51. The molecule has 0 bridgehead atoms. The van der Waals surface area contributed by atoms with E-state index in [9.17, 15) is 4.79 Å². The summed E-state index contributed by atoms with van der Waals surface area (Å²) in [4.78, 5) is 10.5. The fourth-order valence-corrected chi connectivity index (χ4v) is 0.694. The zero-order chi connectivity index (χ0) is 8.36. The van der Waals surface area contributed by atoms with Gasteiger partial charge in [-0.3, -0.25) is 0 Å². The van der Waals surface area contributed by atoms with E-state index >= 15 is 0 Å². The largest absolute Gasteiger partial charge is 0.300 e. The van der Waals surface area contributed by atoms with Gasteiger partial charge in [-0.2, -0.15) is 0 Å². The highest BCUT2D eigenvalue weighted by Crippen LogP contribution is 2.36. The third kappa shape index (κ3) is 4.37. The number of hydrogen-bond donors (Lipinski definition) is 0. The van der Waals surface area contributed by atoms with Crippen LogP contribution in [0.2, 0.25) is 0 Å². The van der Waals surface area contributed by atoms with Gasteiger partial charge in [0.15, 0.2) is 3.79 Å². The average molecular weight is 202 g/mol. The van der Waals surface area contributed by atoms with Crippen molar-refractivity contribution in [1.29, 1.82) is 0 Å². The minimum atomic E-state index is -1.42. The summed E-state index contributed by atoms with van der Waals surface area (Å²) >= 11 is 16.3. The Bertz CT molecular complexity index is 127. The molecular weight excluding hydrogens is 194 g/mol. The molecule has 0 heterocycles. The van der Waals surface area contributed by atoms with Crippen molar-refractivity contribution in [2.24, 2.45) is 5.92 Å². The molecule has 0 aliphatic rings. The molecule has 1 nitrogen and oxygen atoms in total. The lowest BCUT2D eigenvalue weighted by Gasteiger charge is -2.17. The first-order chi connectivity index (χ1) is 4.34. The second kappa shape index (κ2) is 3.80. The lowest BCUT2D eigenvalue weighted by atomic mass is 10.1. The van der Waals surface area contributed by atoms with E-state index < -0.39 is 9.71 Å². The Labute approximate surface area is 75.6 Å². The van der Waals surface area contributed by atoms with Gasteiger partial charge in [-0.25, -0.2) is 0 Å². The highest BCUT2D eigenvalue weighted by molar-refractivity contribution is 6.67. The van der Waals surface area contributed by atoms with Crippen LogP contribution in [-0.4, -0.2) is 9.58 Å². The van der Waals surface area contributed by atoms with Crippen LogP contribution in [0.5, 0.6) is 0 Å². The van der Waals surface area contributed by atoms with Crippen molar-refractivity contribution >= 4 is 40.6 Å². The molecule has 0 fully saturated rings. The third-order valence-electron chi connectivity index (χ3n) is 0.997. The van der Waals surface area contributed by atoms with E-state index in [4.69, 9.17) is 34.8 Å². The molecule has 4 heteroatoms. The molecule has 0 aliphatic heterocycles. The number of alkyl halides is 3. The lowest BCUT2D eigenvalue weighted by Crippen LogP contribution is -2.18. The maximum absolute atomic E-state index is 10.5. The van der Waals surface area contributed by atoms with Gasteiger partial charge < -0.3 is 4.79 Å². The smallest absolute Gasteiger partial charge is 0.193 e. The minimum absolute atomic E-state index is 0.0219. The summed E-state index contributed by atoms with van der Waals surface area (Å²) in [6.45, 7) is 4.97. The average Bonchev–Trinajstić information content (AvgIpc) is 1.60. The Balaban J connectivity index is 3.85. The number of ketones is 1. The van der Waals surface area contributed by atoms with Crippen LogP contribution >= 0.6 is 34.8 Å². The zero-order valence-corrected chi connectivity index (χ0v) is 7.80. The van der Waals surface area contributed by atoms with E-state index in [0.717, 1.165) is 0 Å². The first-order valence-electron chi connectivity index (χ1n) is 2.73. The summed E-state index contributed by atoms with van der Waals surface area (Å²) in [5.41, 5.74) is 0. The summed E-state index contributed by atoms with van der Waals surface area (Å²) in [6.07, 6.45) is 0.205. The van der Waals surface area contributed by atoms with E-state index in [-0.39, 0.29) is 12.2 Å². The third-order valence-corrected chi connectivity index (χ3v) is 1.92. The molecule has 0 rings (SSSR count). The molecule has 0 aromatic rings. The van der Waals surface area contributed by atoms with E-state index in [1.165, 1.54) is 6.92 Å². The molecule has 0 saturated carbocycles. The molecule has 1 radical (unpaired) electrons. The highest BCUT2D eigenvalue weighted by atomic mass is 35.6. The van der Waals surface area contributed by atoms with Crippen LogP contribution in [0.15, 0.2) is 0 Å². The van der Waals surface area contributed by atoms with E-state index in [0.29, 0.717) is 0 Å². The summed E-state index contributed by atoms with van der Waals surface area (Å²) in [7, 11) is 0. The fourth-order valence-electron chi connectivity index (χ4n) is 0.463. The van der Waals surface area contributed by atoms with Crippen molar-refractivity contribution in [2.45, 2.75) is 17.1 Å². The SMILES string of the molecule is [CH2]C(CC(C)=O)C(Cl)(Cl)Cl.